The summed E-state index contributed by atoms with van der Waals surface area (Å²) in [7, 11) is -3.02. The Balaban J connectivity index is 1.89. The highest BCUT2D eigenvalue weighted by molar-refractivity contribution is 7.91. The molecule has 1 N–H and O–H groups in total. The molecule has 1 atom stereocenters. The number of nitrogens with zero attached hydrogens (tertiary/aromatic N) is 2. The van der Waals surface area contributed by atoms with Gasteiger partial charge in [0.25, 0.3) is 5.91 Å². The van der Waals surface area contributed by atoms with Crippen molar-refractivity contribution in [1.29, 1.82) is 0 Å². The van der Waals surface area contributed by atoms with Crippen LogP contribution in [0.2, 0.25) is 0 Å². The number of amides is 1. The molecule has 0 aliphatic carbocycles. The van der Waals surface area contributed by atoms with E-state index in [0.29, 0.717) is 24.2 Å². The summed E-state index contributed by atoms with van der Waals surface area (Å²) in [5.41, 5.74) is 1.19. The molecule has 0 bridgehead atoms. The lowest BCUT2D eigenvalue weighted by Gasteiger charge is -2.26. The van der Waals surface area contributed by atoms with Crippen molar-refractivity contribution in [1.82, 2.24) is 15.1 Å². The van der Waals surface area contributed by atoms with Crippen molar-refractivity contribution < 1.29 is 13.2 Å². The molecule has 0 radical (unpaired) electrons. The molecular weight excluding hydrogens is 322 g/mol. The second-order valence-corrected chi connectivity index (χ2v) is 8.46. The Kier molecular flexibility index (Phi) is 4.05. The third-order valence-electron chi connectivity index (χ3n) is 3.89. The van der Waals surface area contributed by atoms with Crippen LogP contribution in [0.25, 0.3) is 10.6 Å². The maximum atomic E-state index is 12.8. The van der Waals surface area contributed by atoms with Gasteiger partial charge in [0.05, 0.1) is 33.8 Å². The number of aromatic amines is 1. The standard InChI is InChI=1S/C14H17N3O3S2/c1-2-17(10-5-7-22(19,20)9-10)14(18)11-8-15-16-13(11)12-4-3-6-21-12/h3-4,6,8,10H,2,5,7,9H2,1H3,(H,15,16)/t10-/m1/s1. The van der Waals surface area contributed by atoms with E-state index in [-0.39, 0.29) is 23.5 Å². The van der Waals surface area contributed by atoms with E-state index in [1.165, 1.54) is 17.5 Å². The van der Waals surface area contributed by atoms with E-state index in [4.69, 9.17) is 0 Å². The van der Waals surface area contributed by atoms with Gasteiger partial charge >= 0.3 is 0 Å². The van der Waals surface area contributed by atoms with Crippen LogP contribution in [0.1, 0.15) is 23.7 Å². The van der Waals surface area contributed by atoms with Crippen molar-refractivity contribution in [3.05, 3.63) is 29.3 Å². The Morgan fingerprint density at radius 3 is 2.95 bits per heavy atom. The van der Waals surface area contributed by atoms with Gasteiger partial charge in [0.15, 0.2) is 9.84 Å². The molecule has 1 fully saturated rings. The van der Waals surface area contributed by atoms with Gasteiger partial charge in [0.1, 0.15) is 0 Å². The minimum atomic E-state index is -3.02. The highest BCUT2D eigenvalue weighted by Crippen LogP contribution is 2.28. The summed E-state index contributed by atoms with van der Waals surface area (Å²) < 4.78 is 23.3. The van der Waals surface area contributed by atoms with Crippen LogP contribution in [-0.4, -0.2) is 53.5 Å². The molecule has 0 saturated carbocycles. The maximum absolute atomic E-state index is 12.8. The fourth-order valence-electron chi connectivity index (χ4n) is 2.80. The summed E-state index contributed by atoms with van der Waals surface area (Å²) in [6.07, 6.45) is 2.03. The average molecular weight is 339 g/mol. The molecule has 1 aliphatic rings. The summed E-state index contributed by atoms with van der Waals surface area (Å²) in [4.78, 5) is 15.4. The number of rotatable bonds is 4. The zero-order valence-electron chi connectivity index (χ0n) is 12.2. The van der Waals surface area contributed by atoms with Crippen LogP contribution in [0.4, 0.5) is 0 Å². The number of thiophene rings is 1. The minimum absolute atomic E-state index is 0.0543. The molecule has 0 aromatic carbocycles. The van der Waals surface area contributed by atoms with Gasteiger partial charge in [-0.05, 0) is 24.8 Å². The normalized spacial score (nSPS) is 20.1. The molecule has 1 amide bonds. The molecule has 0 spiro atoms. The molecule has 1 saturated heterocycles. The third kappa shape index (κ3) is 2.80. The number of nitrogens with one attached hydrogen (secondary N) is 1. The van der Waals surface area contributed by atoms with Crippen molar-refractivity contribution in [3.63, 3.8) is 0 Å². The first kappa shape index (κ1) is 15.2. The molecule has 2 aromatic rings. The first-order chi connectivity index (χ1) is 10.5. The topological polar surface area (TPSA) is 83.1 Å². The Labute approximate surface area is 133 Å². The van der Waals surface area contributed by atoms with Crippen molar-refractivity contribution in [3.8, 4) is 10.6 Å². The number of carbonyl (C=O) groups is 1. The fraction of sp³-hybridized carbons (Fsp3) is 0.429. The van der Waals surface area contributed by atoms with E-state index in [0.717, 1.165) is 4.88 Å². The molecular formula is C14H17N3O3S2. The Morgan fingerprint density at radius 2 is 2.36 bits per heavy atom. The molecule has 3 rings (SSSR count). The van der Waals surface area contributed by atoms with E-state index in [1.54, 1.807) is 4.90 Å². The lowest BCUT2D eigenvalue weighted by atomic mass is 10.1. The summed E-state index contributed by atoms with van der Waals surface area (Å²) in [6.45, 7) is 2.35. The van der Waals surface area contributed by atoms with E-state index in [9.17, 15) is 13.2 Å². The van der Waals surface area contributed by atoms with Crippen LogP contribution >= 0.6 is 11.3 Å². The van der Waals surface area contributed by atoms with Gasteiger partial charge in [-0.1, -0.05) is 6.07 Å². The quantitative estimate of drug-likeness (QED) is 0.920. The fourth-order valence-corrected chi connectivity index (χ4v) is 5.27. The smallest absolute Gasteiger partial charge is 0.257 e. The average Bonchev–Trinajstić information content (AvgIpc) is 3.18. The summed E-state index contributed by atoms with van der Waals surface area (Å²) in [6, 6.07) is 3.59. The predicted molar refractivity (Wildman–Crippen MR) is 85.7 cm³/mol. The van der Waals surface area contributed by atoms with Gasteiger partial charge in [-0.25, -0.2) is 8.42 Å². The van der Waals surface area contributed by atoms with Crippen LogP contribution in [-0.2, 0) is 9.84 Å². The van der Waals surface area contributed by atoms with Crippen LogP contribution in [0.5, 0.6) is 0 Å². The molecule has 118 valence electrons. The summed E-state index contributed by atoms with van der Waals surface area (Å²) >= 11 is 1.53. The van der Waals surface area contributed by atoms with Crippen LogP contribution in [0, 0.1) is 0 Å². The molecule has 2 aromatic heterocycles. The second-order valence-electron chi connectivity index (χ2n) is 5.28. The first-order valence-corrected chi connectivity index (χ1v) is 9.80. The zero-order valence-corrected chi connectivity index (χ0v) is 13.8. The van der Waals surface area contributed by atoms with Crippen LogP contribution in [0.3, 0.4) is 0 Å². The largest absolute Gasteiger partial charge is 0.335 e. The number of hydrogen-bond donors (Lipinski definition) is 1. The van der Waals surface area contributed by atoms with Gasteiger partial charge < -0.3 is 4.90 Å². The molecule has 6 nitrogen and oxygen atoms in total. The second kappa shape index (κ2) is 5.85. The molecule has 22 heavy (non-hydrogen) atoms. The Morgan fingerprint density at radius 1 is 1.55 bits per heavy atom. The SMILES string of the molecule is CCN(C(=O)c1cn[nH]c1-c1cccs1)[C@@H]1CCS(=O)(=O)C1. The number of sulfone groups is 1. The van der Waals surface area contributed by atoms with Gasteiger partial charge in [0.2, 0.25) is 0 Å². The molecule has 3 heterocycles. The van der Waals surface area contributed by atoms with Crippen molar-refractivity contribution in [2.24, 2.45) is 0 Å². The van der Waals surface area contributed by atoms with Crippen molar-refractivity contribution in [2.75, 3.05) is 18.1 Å². The first-order valence-electron chi connectivity index (χ1n) is 7.10. The van der Waals surface area contributed by atoms with Gasteiger partial charge in [0, 0.05) is 12.6 Å². The highest BCUT2D eigenvalue weighted by Gasteiger charge is 2.35. The minimum Gasteiger partial charge on any atom is -0.335 e. The van der Waals surface area contributed by atoms with E-state index in [2.05, 4.69) is 10.2 Å². The van der Waals surface area contributed by atoms with Gasteiger partial charge in [-0.15, -0.1) is 11.3 Å². The number of aromatic nitrogens is 2. The van der Waals surface area contributed by atoms with Crippen molar-refractivity contribution in [2.45, 2.75) is 19.4 Å². The van der Waals surface area contributed by atoms with Gasteiger partial charge in [-0.2, -0.15) is 5.10 Å². The predicted octanol–water partition coefficient (Wildman–Crippen LogP) is 1.79. The molecule has 0 unspecified atom stereocenters. The van der Waals surface area contributed by atoms with Crippen molar-refractivity contribution >= 4 is 27.1 Å². The molecule has 8 heteroatoms. The number of H-pyrrole nitrogens is 1. The van der Waals surface area contributed by atoms with E-state index < -0.39 is 9.84 Å². The van der Waals surface area contributed by atoms with E-state index in [1.807, 2.05) is 24.4 Å². The molecule has 1 aliphatic heterocycles. The third-order valence-corrected chi connectivity index (χ3v) is 6.53. The van der Waals surface area contributed by atoms with Crippen LogP contribution in [0.15, 0.2) is 23.7 Å². The van der Waals surface area contributed by atoms with E-state index >= 15 is 0 Å². The monoisotopic (exact) mass is 339 g/mol. The summed E-state index contributed by atoms with van der Waals surface area (Å²) in [5, 5.41) is 8.79. The Hall–Kier alpha value is -1.67. The van der Waals surface area contributed by atoms with Crippen LogP contribution < -0.4 is 0 Å². The highest BCUT2D eigenvalue weighted by atomic mass is 32.2. The van der Waals surface area contributed by atoms with Gasteiger partial charge in [-0.3, -0.25) is 9.89 Å². The lowest BCUT2D eigenvalue weighted by molar-refractivity contribution is 0.0709. The zero-order chi connectivity index (χ0) is 15.7. The lowest BCUT2D eigenvalue weighted by Crippen LogP contribution is -2.41. The number of carbonyl (C=O) groups excluding carboxylic acids is 1. The number of hydrogen-bond acceptors (Lipinski definition) is 5. The Bertz CT molecular complexity index is 765. The maximum Gasteiger partial charge on any atom is 0.257 e. The summed E-state index contributed by atoms with van der Waals surface area (Å²) in [5.74, 6) is 0.0466.